The summed E-state index contributed by atoms with van der Waals surface area (Å²) >= 11 is 0. The lowest BCUT2D eigenvalue weighted by atomic mass is 9.95. The van der Waals surface area contributed by atoms with Gasteiger partial charge in [0.25, 0.3) is 0 Å². The van der Waals surface area contributed by atoms with E-state index in [9.17, 15) is 4.79 Å². The standard InChI is InChI=1S/C22H21N3O/c1-3-22(26)23-21-14-19(21)17-10-9-16(15-7-5-4-6-8-15)13-18(17)20-11-12-25(2)24-20/h3-13,19,21H,1,14H2,2H3,(H,23,26). The van der Waals surface area contributed by atoms with Crippen LogP contribution in [0.1, 0.15) is 17.9 Å². The Hall–Kier alpha value is -3.14. The van der Waals surface area contributed by atoms with Crippen LogP contribution in [0.25, 0.3) is 22.4 Å². The number of carbonyl (C=O) groups is 1. The first-order chi connectivity index (χ1) is 12.7. The number of nitrogens with one attached hydrogen (secondary N) is 1. The average Bonchev–Trinajstić information content (AvgIpc) is 3.30. The maximum Gasteiger partial charge on any atom is 0.243 e. The molecule has 0 saturated heterocycles. The second kappa shape index (κ2) is 6.64. The highest BCUT2D eigenvalue weighted by Gasteiger charge is 2.40. The maximum atomic E-state index is 11.6. The van der Waals surface area contributed by atoms with E-state index < -0.39 is 0 Å². The fourth-order valence-electron chi connectivity index (χ4n) is 3.41. The molecule has 3 aromatic rings. The molecule has 2 unspecified atom stereocenters. The van der Waals surface area contributed by atoms with Gasteiger partial charge in [0.2, 0.25) is 5.91 Å². The Balaban J connectivity index is 1.72. The molecule has 0 aliphatic heterocycles. The quantitative estimate of drug-likeness (QED) is 0.714. The summed E-state index contributed by atoms with van der Waals surface area (Å²) in [6, 6.07) is 19.1. The Kier molecular flexibility index (Phi) is 4.17. The summed E-state index contributed by atoms with van der Waals surface area (Å²) in [6.45, 7) is 3.53. The summed E-state index contributed by atoms with van der Waals surface area (Å²) in [5, 5.41) is 7.60. The fourth-order valence-corrected chi connectivity index (χ4v) is 3.41. The zero-order valence-electron chi connectivity index (χ0n) is 14.7. The molecular weight excluding hydrogens is 322 g/mol. The molecule has 1 heterocycles. The average molecular weight is 343 g/mol. The van der Waals surface area contributed by atoms with Crippen molar-refractivity contribution in [1.82, 2.24) is 15.1 Å². The van der Waals surface area contributed by atoms with E-state index in [0.717, 1.165) is 17.7 Å². The number of hydrogen-bond donors (Lipinski definition) is 1. The van der Waals surface area contributed by atoms with Crippen molar-refractivity contribution < 1.29 is 4.79 Å². The summed E-state index contributed by atoms with van der Waals surface area (Å²) in [6.07, 6.45) is 4.23. The minimum Gasteiger partial charge on any atom is -0.349 e. The summed E-state index contributed by atoms with van der Waals surface area (Å²) in [7, 11) is 1.93. The van der Waals surface area contributed by atoms with Gasteiger partial charge in [0.15, 0.2) is 0 Å². The zero-order valence-corrected chi connectivity index (χ0v) is 14.7. The molecule has 0 spiro atoms. The highest BCUT2D eigenvalue weighted by molar-refractivity contribution is 5.87. The third-order valence-corrected chi connectivity index (χ3v) is 4.85. The smallest absolute Gasteiger partial charge is 0.243 e. The van der Waals surface area contributed by atoms with Gasteiger partial charge in [0.1, 0.15) is 0 Å². The third-order valence-electron chi connectivity index (χ3n) is 4.85. The Morgan fingerprint density at radius 3 is 2.69 bits per heavy atom. The van der Waals surface area contributed by atoms with Crippen molar-refractivity contribution in [2.45, 2.75) is 18.4 Å². The summed E-state index contributed by atoms with van der Waals surface area (Å²) in [4.78, 5) is 11.6. The molecule has 4 rings (SSSR count). The van der Waals surface area contributed by atoms with Crippen molar-refractivity contribution in [2.24, 2.45) is 7.05 Å². The van der Waals surface area contributed by atoms with Crippen LogP contribution in [0.5, 0.6) is 0 Å². The first-order valence-corrected chi connectivity index (χ1v) is 8.78. The zero-order chi connectivity index (χ0) is 18.1. The monoisotopic (exact) mass is 343 g/mol. The molecule has 2 atom stereocenters. The Bertz CT molecular complexity index is 959. The number of carbonyl (C=O) groups excluding carboxylic acids is 1. The maximum absolute atomic E-state index is 11.6. The minimum absolute atomic E-state index is 0.113. The van der Waals surface area contributed by atoms with Gasteiger partial charge in [-0.25, -0.2) is 0 Å². The van der Waals surface area contributed by atoms with Crippen LogP contribution in [0.2, 0.25) is 0 Å². The van der Waals surface area contributed by atoms with E-state index in [2.05, 4.69) is 47.3 Å². The molecule has 1 amide bonds. The number of nitrogens with zero attached hydrogens (tertiary/aromatic N) is 2. The van der Waals surface area contributed by atoms with Gasteiger partial charge in [0.05, 0.1) is 5.69 Å². The summed E-state index contributed by atoms with van der Waals surface area (Å²) < 4.78 is 1.82. The Morgan fingerprint density at radius 1 is 1.19 bits per heavy atom. The molecule has 1 N–H and O–H groups in total. The SMILES string of the molecule is C=CC(=O)NC1CC1c1ccc(-c2ccccc2)cc1-c1ccn(C)n1. The number of amides is 1. The van der Waals surface area contributed by atoms with Crippen molar-refractivity contribution in [1.29, 1.82) is 0 Å². The van der Waals surface area contributed by atoms with E-state index in [1.165, 1.54) is 22.8 Å². The van der Waals surface area contributed by atoms with Gasteiger partial charge in [0, 0.05) is 30.8 Å². The number of aromatic nitrogens is 2. The van der Waals surface area contributed by atoms with Crippen molar-refractivity contribution in [2.75, 3.05) is 0 Å². The molecule has 0 bridgehead atoms. The Labute approximate surface area is 153 Å². The predicted octanol–water partition coefficient (Wildman–Crippen LogP) is 3.91. The van der Waals surface area contributed by atoms with Gasteiger partial charge < -0.3 is 5.32 Å². The van der Waals surface area contributed by atoms with Gasteiger partial charge in [-0.1, -0.05) is 49.0 Å². The van der Waals surface area contributed by atoms with Crippen LogP contribution in [0.4, 0.5) is 0 Å². The van der Waals surface area contributed by atoms with Crippen LogP contribution in [0, 0.1) is 0 Å². The Morgan fingerprint density at radius 2 is 2.00 bits per heavy atom. The van der Waals surface area contributed by atoms with Crippen molar-refractivity contribution in [3.05, 3.63) is 79.0 Å². The topological polar surface area (TPSA) is 46.9 Å². The van der Waals surface area contributed by atoms with E-state index in [0.29, 0.717) is 5.92 Å². The molecule has 1 fully saturated rings. The second-order valence-electron chi connectivity index (χ2n) is 6.70. The van der Waals surface area contributed by atoms with Crippen LogP contribution < -0.4 is 5.32 Å². The second-order valence-corrected chi connectivity index (χ2v) is 6.70. The highest BCUT2D eigenvalue weighted by Crippen LogP contribution is 2.45. The lowest BCUT2D eigenvalue weighted by molar-refractivity contribution is -0.116. The fraction of sp³-hybridized carbons (Fsp3) is 0.182. The van der Waals surface area contributed by atoms with Gasteiger partial charge in [-0.15, -0.1) is 0 Å². The van der Waals surface area contributed by atoms with Gasteiger partial charge >= 0.3 is 0 Å². The van der Waals surface area contributed by atoms with Gasteiger partial charge in [-0.3, -0.25) is 9.48 Å². The molecule has 130 valence electrons. The molecule has 4 heteroatoms. The van der Waals surface area contributed by atoms with Crippen LogP contribution in [0.3, 0.4) is 0 Å². The van der Waals surface area contributed by atoms with Crippen molar-refractivity contribution in [3.8, 4) is 22.4 Å². The highest BCUT2D eigenvalue weighted by atomic mass is 16.1. The predicted molar refractivity (Wildman–Crippen MR) is 104 cm³/mol. The van der Waals surface area contributed by atoms with Crippen molar-refractivity contribution >= 4 is 5.91 Å². The van der Waals surface area contributed by atoms with Crippen LogP contribution in [0.15, 0.2) is 73.4 Å². The molecule has 1 aromatic heterocycles. The normalized spacial score (nSPS) is 18.3. The van der Waals surface area contributed by atoms with E-state index in [1.807, 2.05) is 42.2 Å². The number of rotatable bonds is 5. The first kappa shape index (κ1) is 16.3. The molecule has 1 aliphatic rings. The van der Waals surface area contributed by atoms with Crippen LogP contribution in [-0.2, 0) is 11.8 Å². The number of benzene rings is 2. The minimum atomic E-state index is -0.113. The van der Waals surface area contributed by atoms with E-state index in [4.69, 9.17) is 0 Å². The van der Waals surface area contributed by atoms with Crippen LogP contribution in [-0.4, -0.2) is 21.7 Å². The molecule has 26 heavy (non-hydrogen) atoms. The van der Waals surface area contributed by atoms with E-state index >= 15 is 0 Å². The molecule has 0 radical (unpaired) electrons. The number of aryl methyl sites for hydroxylation is 1. The molecule has 4 nitrogen and oxygen atoms in total. The van der Waals surface area contributed by atoms with Crippen molar-refractivity contribution in [3.63, 3.8) is 0 Å². The third kappa shape index (κ3) is 3.18. The molecular formula is C22H21N3O. The van der Waals surface area contributed by atoms with E-state index in [1.54, 1.807) is 0 Å². The summed E-state index contributed by atoms with van der Waals surface area (Å²) in [5.74, 6) is 0.207. The molecule has 1 saturated carbocycles. The van der Waals surface area contributed by atoms with Crippen LogP contribution >= 0.6 is 0 Å². The number of hydrogen-bond acceptors (Lipinski definition) is 2. The van der Waals surface area contributed by atoms with Gasteiger partial charge in [-0.05, 0) is 41.3 Å². The largest absolute Gasteiger partial charge is 0.349 e. The summed E-state index contributed by atoms with van der Waals surface area (Å²) in [5.41, 5.74) is 5.68. The molecule has 2 aromatic carbocycles. The molecule has 1 aliphatic carbocycles. The lowest BCUT2D eigenvalue weighted by Gasteiger charge is -2.11. The van der Waals surface area contributed by atoms with Gasteiger partial charge in [-0.2, -0.15) is 5.10 Å². The lowest BCUT2D eigenvalue weighted by Crippen LogP contribution is -2.24. The first-order valence-electron chi connectivity index (χ1n) is 8.78. The van der Waals surface area contributed by atoms with E-state index in [-0.39, 0.29) is 11.9 Å².